The smallest absolute Gasteiger partial charge is 0.303 e. The number of methoxy groups -OCH3 is 1. The van der Waals surface area contributed by atoms with Crippen LogP contribution in [0.3, 0.4) is 0 Å². The van der Waals surface area contributed by atoms with Crippen molar-refractivity contribution >= 4 is 11.8 Å². The van der Waals surface area contributed by atoms with Crippen molar-refractivity contribution in [2.24, 2.45) is 5.41 Å². The Labute approximate surface area is 118 Å². The molecule has 2 rings (SSSR count). The lowest BCUT2D eigenvalue weighted by Crippen LogP contribution is -2.28. The van der Waals surface area contributed by atoms with Crippen molar-refractivity contribution in [3.63, 3.8) is 0 Å². The molecule has 1 unspecified atom stereocenters. The average molecular weight is 276 g/mol. The maximum absolute atomic E-state index is 12.7. The van der Waals surface area contributed by atoms with Gasteiger partial charge in [-0.15, -0.1) is 0 Å². The van der Waals surface area contributed by atoms with Gasteiger partial charge in [0.2, 0.25) is 0 Å². The van der Waals surface area contributed by atoms with E-state index in [4.69, 9.17) is 9.84 Å². The lowest BCUT2D eigenvalue weighted by Gasteiger charge is -2.26. The van der Waals surface area contributed by atoms with Crippen LogP contribution in [0, 0.1) is 5.41 Å². The maximum Gasteiger partial charge on any atom is 0.303 e. The molecule has 108 valence electrons. The standard InChI is InChI=1S/C16H20O4/c1-3-7-16(8-6-14(17)18)10-11-4-5-12(20-2)9-13(11)15(16)19/h4-5,9H,3,6-8,10H2,1-2H3,(H,17,18). The van der Waals surface area contributed by atoms with Gasteiger partial charge in [0.1, 0.15) is 5.75 Å². The predicted molar refractivity (Wildman–Crippen MR) is 75.2 cm³/mol. The molecule has 0 heterocycles. The van der Waals surface area contributed by atoms with Crippen LogP contribution in [0.4, 0.5) is 0 Å². The zero-order chi connectivity index (χ0) is 14.8. The highest BCUT2D eigenvalue weighted by atomic mass is 16.5. The lowest BCUT2D eigenvalue weighted by atomic mass is 9.75. The number of ether oxygens (including phenoxy) is 1. The molecule has 1 aliphatic carbocycles. The normalized spacial score (nSPS) is 20.8. The molecular weight excluding hydrogens is 256 g/mol. The van der Waals surface area contributed by atoms with Crippen molar-refractivity contribution in [2.75, 3.05) is 7.11 Å². The Hall–Kier alpha value is -1.84. The highest BCUT2D eigenvalue weighted by molar-refractivity contribution is 6.05. The number of carboxylic acids is 1. The van der Waals surface area contributed by atoms with E-state index >= 15 is 0 Å². The molecule has 1 aliphatic rings. The first-order valence-electron chi connectivity index (χ1n) is 6.96. The fourth-order valence-electron chi connectivity index (χ4n) is 3.13. The molecule has 0 saturated heterocycles. The van der Waals surface area contributed by atoms with Gasteiger partial charge >= 0.3 is 5.97 Å². The Morgan fingerprint density at radius 1 is 1.40 bits per heavy atom. The highest BCUT2D eigenvalue weighted by Crippen LogP contribution is 2.44. The van der Waals surface area contributed by atoms with E-state index in [2.05, 4.69) is 0 Å². The largest absolute Gasteiger partial charge is 0.497 e. The summed E-state index contributed by atoms with van der Waals surface area (Å²) in [7, 11) is 1.57. The Morgan fingerprint density at radius 2 is 2.15 bits per heavy atom. The SMILES string of the molecule is CCCC1(CCC(=O)O)Cc2ccc(OC)cc2C1=O. The number of aliphatic carboxylic acids is 1. The molecule has 1 aromatic carbocycles. The number of carbonyl (C=O) groups is 2. The molecule has 0 saturated carbocycles. The van der Waals surface area contributed by atoms with Crippen LogP contribution in [-0.2, 0) is 11.2 Å². The van der Waals surface area contributed by atoms with Gasteiger partial charge in [-0.2, -0.15) is 0 Å². The van der Waals surface area contributed by atoms with Crippen LogP contribution in [-0.4, -0.2) is 24.0 Å². The minimum atomic E-state index is -0.846. The van der Waals surface area contributed by atoms with E-state index in [0.717, 1.165) is 18.4 Å². The van der Waals surface area contributed by atoms with Crippen molar-refractivity contribution in [3.8, 4) is 5.75 Å². The van der Waals surface area contributed by atoms with Gasteiger partial charge in [0.05, 0.1) is 7.11 Å². The molecule has 0 fully saturated rings. The number of fused-ring (bicyclic) bond motifs is 1. The van der Waals surface area contributed by atoms with Gasteiger partial charge in [0.15, 0.2) is 5.78 Å². The quantitative estimate of drug-likeness (QED) is 0.867. The van der Waals surface area contributed by atoms with E-state index in [1.54, 1.807) is 13.2 Å². The van der Waals surface area contributed by atoms with E-state index < -0.39 is 11.4 Å². The number of carboxylic acid groups (broad SMARTS) is 1. The Bertz CT molecular complexity index is 535. The minimum absolute atomic E-state index is 0.0386. The summed E-state index contributed by atoms with van der Waals surface area (Å²) in [6, 6.07) is 5.55. The van der Waals surface area contributed by atoms with Gasteiger partial charge in [-0.3, -0.25) is 9.59 Å². The zero-order valence-corrected chi connectivity index (χ0v) is 11.9. The molecule has 0 amide bonds. The van der Waals surface area contributed by atoms with Crippen LogP contribution in [0.25, 0.3) is 0 Å². The molecule has 1 aromatic rings. The van der Waals surface area contributed by atoms with Crippen LogP contribution in [0.5, 0.6) is 5.75 Å². The molecule has 0 aliphatic heterocycles. The van der Waals surface area contributed by atoms with Crippen molar-refractivity contribution in [1.29, 1.82) is 0 Å². The molecule has 0 aromatic heterocycles. The second-order valence-corrected chi connectivity index (χ2v) is 5.45. The fraction of sp³-hybridized carbons (Fsp3) is 0.500. The summed E-state index contributed by atoms with van der Waals surface area (Å²) in [6.07, 6.45) is 2.70. The number of hydrogen-bond acceptors (Lipinski definition) is 3. The first-order valence-corrected chi connectivity index (χ1v) is 6.96. The van der Waals surface area contributed by atoms with Gasteiger partial charge in [0, 0.05) is 17.4 Å². The third kappa shape index (κ3) is 2.55. The number of rotatable bonds is 6. The van der Waals surface area contributed by atoms with Gasteiger partial charge in [0.25, 0.3) is 0 Å². The Morgan fingerprint density at radius 3 is 2.75 bits per heavy atom. The van der Waals surface area contributed by atoms with Gasteiger partial charge < -0.3 is 9.84 Å². The molecule has 0 radical (unpaired) electrons. The summed E-state index contributed by atoms with van der Waals surface area (Å²) in [5.41, 5.74) is 1.17. The second kappa shape index (κ2) is 5.65. The highest BCUT2D eigenvalue weighted by Gasteiger charge is 2.44. The summed E-state index contributed by atoms with van der Waals surface area (Å²) >= 11 is 0. The topological polar surface area (TPSA) is 63.6 Å². The monoisotopic (exact) mass is 276 g/mol. The second-order valence-electron chi connectivity index (χ2n) is 5.45. The van der Waals surface area contributed by atoms with Gasteiger partial charge in [-0.05, 0) is 37.0 Å². The van der Waals surface area contributed by atoms with Crippen molar-refractivity contribution < 1.29 is 19.4 Å². The summed E-state index contributed by atoms with van der Waals surface area (Å²) in [6.45, 7) is 2.03. The van der Waals surface area contributed by atoms with Crippen LogP contribution >= 0.6 is 0 Å². The number of benzene rings is 1. The molecule has 20 heavy (non-hydrogen) atoms. The number of Topliss-reactive ketones (excluding diaryl/α,β-unsaturated/α-hetero) is 1. The van der Waals surface area contributed by atoms with E-state index in [0.29, 0.717) is 24.2 Å². The van der Waals surface area contributed by atoms with E-state index in [-0.39, 0.29) is 12.2 Å². The lowest BCUT2D eigenvalue weighted by molar-refractivity contribution is -0.137. The third-order valence-corrected chi connectivity index (χ3v) is 4.12. The first-order chi connectivity index (χ1) is 9.52. The summed E-state index contributed by atoms with van der Waals surface area (Å²) in [5.74, 6) is -0.0982. The van der Waals surface area contributed by atoms with Crippen LogP contribution in [0.1, 0.15) is 48.5 Å². The predicted octanol–water partition coefficient (Wildman–Crippen LogP) is 3.09. The number of carbonyl (C=O) groups excluding carboxylic acids is 1. The minimum Gasteiger partial charge on any atom is -0.497 e. The van der Waals surface area contributed by atoms with Crippen LogP contribution in [0.2, 0.25) is 0 Å². The fourth-order valence-corrected chi connectivity index (χ4v) is 3.13. The third-order valence-electron chi connectivity index (χ3n) is 4.12. The first kappa shape index (κ1) is 14.6. The molecule has 1 N–H and O–H groups in total. The zero-order valence-electron chi connectivity index (χ0n) is 11.9. The van der Waals surface area contributed by atoms with Crippen molar-refractivity contribution in [1.82, 2.24) is 0 Å². The molecule has 0 bridgehead atoms. The van der Waals surface area contributed by atoms with E-state index in [9.17, 15) is 9.59 Å². The van der Waals surface area contributed by atoms with Gasteiger partial charge in [-0.25, -0.2) is 0 Å². The van der Waals surface area contributed by atoms with Crippen molar-refractivity contribution in [3.05, 3.63) is 29.3 Å². The summed E-state index contributed by atoms with van der Waals surface area (Å²) < 4.78 is 5.17. The van der Waals surface area contributed by atoms with E-state index in [1.165, 1.54) is 0 Å². The Kier molecular flexibility index (Phi) is 4.12. The Balaban J connectivity index is 2.32. The average Bonchev–Trinajstić information content (AvgIpc) is 2.70. The summed E-state index contributed by atoms with van der Waals surface area (Å²) in [5, 5.41) is 8.91. The van der Waals surface area contributed by atoms with Crippen LogP contribution in [0.15, 0.2) is 18.2 Å². The molecule has 4 heteroatoms. The molecular formula is C16H20O4. The summed E-state index contributed by atoms with van der Waals surface area (Å²) in [4.78, 5) is 23.6. The number of hydrogen-bond donors (Lipinski definition) is 1. The van der Waals surface area contributed by atoms with Crippen molar-refractivity contribution in [2.45, 2.75) is 39.0 Å². The molecule has 4 nitrogen and oxygen atoms in total. The van der Waals surface area contributed by atoms with Gasteiger partial charge in [-0.1, -0.05) is 19.4 Å². The molecule has 0 spiro atoms. The van der Waals surface area contributed by atoms with Crippen LogP contribution < -0.4 is 4.74 Å². The number of ketones is 1. The maximum atomic E-state index is 12.7. The van der Waals surface area contributed by atoms with E-state index in [1.807, 2.05) is 19.1 Å². The molecule has 1 atom stereocenters.